The van der Waals surface area contributed by atoms with Gasteiger partial charge in [0.15, 0.2) is 0 Å². The molecule has 0 aromatic rings. The quantitative estimate of drug-likeness (QED) is 0.602. The largest absolute Gasteiger partial charge is 0.305 e. The Morgan fingerprint density at radius 1 is 1.15 bits per heavy atom. The molecular formula is C12H23N. The summed E-state index contributed by atoms with van der Waals surface area (Å²) < 4.78 is 0. The summed E-state index contributed by atoms with van der Waals surface area (Å²) in [6.45, 7) is 14.5. The summed E-state index contributed by atoms with van der Waals surface area (Å²) in [6.07, 6.45) is 3.98. The molecule has 0 amide bonds. The lowest BCUT2D eigenvalue weighted by Gasteiger charge is -2.08. The molecule has 0 fully saturated rings. The van der Waals surface area contributed by atoms with Crippen LogP contribution in [0.15, 0.2) is 36.5 Å². The van der Waals surface area contributed by atoms with Crippen molar-refractivity contribution in [2.24, 2.45) is 0 Å². The van der Waals surface area contributed by atoms with Crippen molar-refractivity contribution in [2.45, 2.75) is 20.8 Å². The second-order valence-corrected chi connectivity index (χ2v) is 3.08. The highest BCUT2D eigenvalue weighted by molar-refractivity contribution is 5.23. The number of likely N-dealkylation sites (N-methyl/N-ethyl adjacent to an activating group) is 1. The molecule has 0 radical (unpaired) electrons. The number of allylic oxidation sites excluding steroid dienone is 2. The second-order valence-electron chi connectivity index (χ2n) is 3.08. The van der Waals surface area contributed by atoms with Crippen LogP contribution >= 0.6 is 0 Å². The monoisotopic (exact) mass is 181 g/mol. The van der Waals surface area contributed by atoms with Gasteiger partial charge in [-0.2, -0.15) is 0 Å². The summed E-state index contributed by atoms with van der Waals surface area (Å²) in [5.41, 5.74) is 2.17. The van der Waals surface area contributed by atoms with E-state index in [0.717, 1.165) is 17.7 Å². The third kappa shape index (κ3) is 14.1. The number of nitrogens with zero attached hydrogens (tertiary/aromatic N) is 1. The first kappa shape index (κ1) is 14.7. The minimum absolute atomic E-state index is 0.907. The minimum atomic E-state index is 0.907. The van der Waals surface area contributed by atoms with Gasteiger partial charge in [0.25, 0.3) is 0 Å². The van der Waals surface area contributed by atoms with Gasteiger partial charge in [0.1, 0.15) is 0 Å². The molecule has 0 rings (SSSR count). The van der Waals surface area contributed by atoms with Crippen molar-refractivity contribution in [1.82, 2.24) is 4.90 Å². The van der Waals surface area contributed by atoms with E-state index in [2.05, 4.69) is 18.1 Å². The predicted molar refractivity (Wildman–Crippen MR) is 63.0 cm³/mol. The molecule has 1 heteroatoms. The molecule has 0 aliphatic heterocycles. The molecule has 0 unspecified atom stereocenters. The van der Waals surface area contributed by atoms with Gasteiger partial charge in [0, 0.05) is 6.54 Å². The Kier molecular flexibility index (Phi) is 10.5. The van der Waals surface area contributed by atoms with Crippen LogP contribution in [0.2, 0.25) is 0 Å². The van der Waals surface area contributed by atoms with E-state index >= 15 is 0 Å². The molecule has 76 valence electrons. The molecule has 0 atom stereocenters. The van der Waals surface area contributed by atoms with Crippen molar-refractivity contribution in [2.75, 3.05) is 20.6 Å². The van der Waals surface area contributed by atoms with Gasteiger partial charge in [-0.25, -0.2) is 0 Å². The third-order valence-electron chi connectivity index (χ3n) is 1.12. The lowest BCUT2D eigenvalue weighted by Crippen LogP contribution is -2.13. The van der Waals surface area contributed by atoms with Crippen molar-refractivity contribution < 1.29 is 0 Å². The summed E-state index contributed by atoms with van der Waals surface area (Å²) in [5.74, 6) is 0. The fraction of sp³-hybridized carbons (Fsp3) is 0.500. The maximum Gasteiger partial charge on any atom is 0.0221 e. The molecule has 0 spiro atoms. The van der Waals surface area contributed by atoms with Crippen LogP contribution in [0.1, 0.15) is 20.8 Å². The van der Waals surface area contributed by atoms with Crippen LogP contribution < -0.4 is 0 Å². The molecule has 0 aliphatic rings. The molecule has 0 aliphatic carbocycles. The van der Waals surface area contributed by atoms with E-state index in [9.17, 15) is 0 Å². The maximum atomic E-state index is 3.90. The van der Waals surface area contributed by atoms with Crippen molar-refractivity contribution in [1.29, 1.82) is 0 Å². The highest BCUT2D eigenvalue weighted by Gasteiger charge is 1.89. The molecule has 0 N–H and O–H groups in total. The Balaban J connectivity index is 0. The van der Waals surface area contributed by atoms with E-state index in [1.165, 1.54) is 0 Å². The van der Waals surface area contributed by atoms with Gasteiger partial charge in [0.05, 0.1) is 0 Å². The van der Waals surface area contributed by atoms with Gasteiger partial charge in [0.2, 0.25) is 0 Å². The van der Waals surface area contributed by atoms with Gasteiger partial charge in [-0.15, -0.1) is 0 Å². The van der Waals surface area contributed by atoms with Crippen LogP contribution in [0.5, 0.6) is 0 Å². The maximum absolute atomic E-state index is 3.90. The van der Waals surface area contributed by atoms with E-state index in [1.54, 1.807) is 0 Å². The van der Waals surface area contributed by atoms with Gasteiger partial charge in [-0.3, -0.25) is 0 Å². The van der Waals surface area contributed by atoms with Gasteiger partial charge in [-0.05, 0) is 26.6 Å². The van der Waals surface area contributed by atoms with E-state index in [1.807, 2.05) is 47.0 Å². The Bertz CT molecular complexity index is 176. The van der Waals surface area contributed by atoms with Crippen LogP contribution in [0.3, 0.4) is 0 Å². The highest BCUT2D eigenvalue weighted by atomic mass is 15.0. The Morgan fingerprint density at radius 2 is 1.62 bits per heavy atom. The number of rotatable bonds is 4. The second kappa shape index (κ2) is 9.27. The van der Waals surface area contributed by atoms with E-state index in [4.69, 9.17) is 0 Å². The van der Waals surface area contributed by atoms with Crippen molar-refractivity contribution in [3.8, 4) is 0 Å². The smallest absolute Gasteiger partial charge is 0.0221 e. The predicted octanol–water partition coefficient (Wildman–Crippen LogP) is 3.26. The van der Waals surface area contributed by atoms with Gasteiger partial charge < -0.3 is 4.90 Å². The first-order chi connectivity index (χ1) is 6.02. The average molecular weight is 181 g/mol. The number of hydrogen-bond acceptors (Lipinski definition) is 1. The normalized spacial score (nSPS) is 9.69. The van der Waals surface area contributed by atoms with Gasteiger partial charge in [-0.1, -0.05) is 44.7 Å². The Labute approximate surface area is 83.5 Å². The molecule has 0 aromatic heterocycles. The molecule has 0 saturated carbocycles. The SMILES string of the molecule is C=C(C)/C=C\C(=C)CN(C)C.CC. The summed E-state index contributed by atoms with van der Waals surface area (Å²) >= 11 is 0. The number of hydrogen-bond donors (Lipinski definition) is 0. The summed E-state index contributed by atoms with van der Waals surface area (Å²) in [5, 5.41) is 0. The first-order valence-corrected chi connectivity index (χ1v) is 4.68. The molecule has 0 bridgehead atoms. The fourth-order valence-electron chi connectivity index (χ4n) is 0.719. The van der Waals surface area contributed by atoms with E-state index in [-0.39, 0.29) is 0 Å². The molecule has 13 heavy (non-hydrogen) atoms. The summed E-state index contributed by atoms with van der Waals surface area (Å²) in [6, 6.07) is 0. The van der Waals surface area contributed by atoms with Gasteiger partial charge >= 0.3 is 0 Å². The molecule has 0 heterocycles. The van der Waals surface area contributed by atoms with Crippen molar-refractivity contribution >= 4 is 0 Å². The Hall–Kier alpha value is -0.820. The fourth-order valence-corrected chi connectivity index (χ4v) is 0.719. The summed E-state index contributed by atoms with van der Waals surface area (Å²) in [4.78, 5) is 2.09. The minimum Gasteiger partial charge on any atom is -0.305 e. The third-order valence-corrected chi connectivity index (χ3v) is 1.12. The van der Waals surface area contributed by atoms with Crippen molar-refractivity contribution in [3.05, 3.63) is 36.5 Å². The van der Waals surface area contributed by atoms with Crippen LogP contribution in [-0.4, -0.2) is 25.5 Å². The van der Waals surface area contributed by atoms with Crippen LogP contribution in [-0.2, 0) is 0 Å². The van der Waals surface area contributed by atoms with Crippen LogP contribution in [0.4, 0.5) is 0 Å². The standard InChI is InChI=1S/C10H17N.C2H6/c1-9(2)6-7-10(3)8-11(4)5;1-2/h6-7H,1,3,8H2,2,4-5H3;1-2H3/b7-6-;. The first-order valence-electron chi connectivity index (χ1n) is 4.68. The topological polar surface area (TPSA) is 3.24 Å². The molecule has 1 nitrogen and oxygen atoms in total. The van der Waals surface area contributed by atoms with Crippen LogP contribution in [0.25, 0.3) is 0 Å². The zero-order chi connectivity index (χ0) is 10.9. The molecule has 0 saturated heterocycles. The van der Waals surface area contributed by atoms with Crippen molar-refractivity contribution in [3.63, 3.8) is 0 Å². The summed E-state index contributed by atoms with van der Waals surface area (Å²) in [7, 11) is 4.06. The molecular weight excluding hydrogens is 158 g/mol. The average Bonchev–Trinajstić information content (AvgIpc) is 2.03. The van der Waals surface area contributed by atoms with E-state index in [0.29, 0.717) is 0 Å². The Morgan fingerprint density at radius 3 is 1.92 bits per heavy atom. The van der Waals surface area contributed by atoms with Crippen LogP contribution in [0, 0.1) is 0 Å². The molecule has 0 aromatic carbocycles. The zero-order valence-corrected chi connectivity index (χ0v) is 9.72. The zero-order valence-electron chi connectivity index (χ0n) is 9.72. The lowest BCUT2D eigenvalue weighted by atomic mass is 10.2. The lowest BCUT2D eigenvalue weighted by molar-refractivity contribution is 0.449. The van der Waals surface area contributed by atoms with E-state index < -0.39 is 0 Å². The highest BCUT2D eigenvalue weighted by Crippen LogP contribution is 1.97.